The molecule has 0 amide bonds. The molecule has 0 bridgehead atoms. The fourth-order valence-electron chi connectivity index (χ4n) is 2.44. The molecule has 0 saturated heterocycles. The molecule has 0 N–H and O–H groups in total. The summed E-state index contributed by atoms with van der Waals surface area (Å²) in [4.78, 5) is 12.9. The summed E-state index contributed by atoms with van der Waals surface area (Å²) in [6, 6.07) is 5.39. The number of rotatable bonds is 5. The molecule has 17 heavy (non-hydrogen) atoms. The molecular weight excluding hydrogens is 216 g/mol. The Morgan fingerprint density at radius 1 is 1.41 bits per heavy atom. The number of hydrogen-bond acceptors (Lipinski definition) is 3. The first-order valence-electron chi connectivity index (χ1n) is 6.25. The van der Waals surface area contributed by atoms with Crippen molar-refractivity contribution in [3.63, 3.8) is 0 Å². The molecule has 0 atom stereocenters. The Labute approximate surface area is 101 Å². The van der Waals surface area contributed by atoms with E-state index in [4.69, 9.17) is 0 Å². The fourth-order valence-corrected chi connectivity index (χ4v) is 2.44. The predicted molar refractivity (Wildman–Crippen MR) is 68.5 cm³/mol. The highest BCUT2D eigenvalue weighted by molar-refractivity contribution is 5.70. The lowest BCUT2D eigenvalue weighted by Gasteiger charge is -2.18. The average Bonchev–Trinajstić information content (AvgIpc) is 2.73. The molecule has 0 aliphatic carbocycles. The summed E-state index contributed by atoms with van der Waals surface area (Å²) < 4.78 is 0. The van der Waals surface area contributed by atoms with Crippen molar-refractivity contribution in [2.75, 3.05) is 18.0 Å². The van der Waals surface area contributed by atoms with Crippen LogP contribution in [-0.4, -0.2) is 18.0 Å². The number of nitro benzene ring substituents is 1. The van der Waals surface area contributed by atoms with Crippen LogP contribution < -0.4 is 4.90 Å². The van der Waals surface area contributed by atoms with Crippen LogP contribution in [0.1, 0.15) is 31.7 Å². The van der Waals surface area contributed by atoms with Gasteiger partial charge in [-0.25, -0.2) is 0 Å². The standard InChI is InChI=1S/C13H18N2O2/c1-2-3-4-9-14-10-8-11-6-5-7-12(13(11)14)15(16)17/h5-7H,2-4,8-10H2,1H3. The Bertz CT molecular complexity index is 418. The van der Waals surface area contributed by atoms with E-state index in [1.54, 1.807) is 12.1 Å². The zero-order chi connectivity index (χ0) is 12.3. The second kappa shape index (κ2) is 5.17. The molecule has 0 spiro atoms. The Morgan fingerprint density at radius 2 is 2.24 bits per heavy atom. The van der Waals surface area contributed by atoms with Gasteiger partial charge >= 0.3 is 0 Å². The van der Waals surface area contributed by atoms with Crippen molar-refractivity contribution in [3.05, 3.63) is 33.9 Å². The van der Waals surface area contributed by atoms with Gasteiger partial charge in [0.05, 0.1) is 4.92 Å². The SMILES string of the molecule is CCCCCN1CCc2cccc([N+](=O)[O-])c21. The molecule has 0 aromatic heterocycles. The number of nitro groups is 1. The second-order valence-corrected chi connectivity index (χ2v) is 4.49. The number of nitrogens with zero attached hydrogens (tertiary/aromatic N) is 2. The van der Waals surface area contributed by atoms with Crippen LogP contribution in [0.25, 0.3) is 0 Å². The van der Waals surface area contributed by atoms with E-state index in [9.17, 15) is 10.1 Å². The van der Waals surface area contributed by atoms with Gasteiger partial charge in [0.1, 0.15) is 5.69 Å². The first-order valence-corrected chi connectivity index (χ1v) is 6.25. The number of fused-ring (bicyclic) bond motifs is 1. The molecular formula is C13H18N2O2. The van der Waals surface area contributed by atoms with Crippen LogP contribution in [0.4, 0.5) is 11.4 Å². The molecule has 1 aliphatic heterocycles. The van der Waals surface area contributed by atoms with Gasteiger partial charge in [0.15, 0.2) is 0 Å². The van der Waals surface area contributed by atoms with E-state index in [1.807, 2.05) is 6.07 Å². The number of unbranched alkanes of at least 4 members (excludes halogenated alkanes) is 2. The number of para-hydroxylation sites is 1. The van der Waals surface area contributed by atoms with Crippen molar-refractivity contribution in [1.82, 2.24) is 0 Å². The molecule has 0 radical (unpaired) electrons. The maximum atomic E-state index is 11.0. The maximum absolute atomic E-state index is 11.0. The van der Waals surface area contributed by atoms with E-state index < -0.39 is 0 Å². The van der Waals surface area contributed by atoms with Gasteiger partial charge < -0.3 is 4.90 Å². The first kappa shape index (κ1) is 11.9. The van der Waals surface area contributed by atoms with Gasteiger partial charge in [0.2, 0.25) is 0 Å². The summed E-state index contributed by atoms with van der Waals surface area (Å²) >= 11 is 0. The molecule has 92 valence electrons. The van der Waals surface area contributed by atoms with Crippen molar-refractivity contribution in [1.29, 1.82) is 0 Å². The third kappa shape index (κ3) is 2.40. The zero-order valence-electron chi connectivity index (χ0n) is 10.2. The van der Waals surface area contributed by atoms with E-state index in [0.29, 0.717) is 0 Å². The predicted octanol–water partition coefficient (Wildman–Crippen LogP) is 3.15. The molecule has 0 unspecified atom stereocenters. The van der Waals surface area contributed by atoms with Gasteiger partial charge in [-0.05, 0) is 18.4 Å². The van der Waals surface area contributed by atoms with Crippen molar-refractivity contribution in [2.45, 2.75) is 32.6 Å². The normalized spacial score (nSPS) is 13.8. The molecule has 1 aliphatic rings. The zero-order valence-corrected chi connectivity index (χ0v) is 10.2. The second-order valence-electron chi connectivity index (χ2n) is 4.49. The molecule has 1 heterocycles. The first-order chi connectivity index (χ1) is 8.24. The summed E-state index contributed by atoms with van der Waals surface area (Å²) in [6.45, 7) is 4.02. The van der Waals surface area contributed by atoms with Crippen LogP contribution in [0.5, 0.6) is 0 Å². The van der Waals surface area contributed by atoms with E-state index in [2.05, 4.69) is 11.8 Å². The lowest BCUT2D eigenvalue weighted by atomic mass is 10.1. The molecule has 0 fully saturated rings. The van der Waals surface area contributed by atoms with Gasteiger partial charge in [-0.15, -0.1) is 0 Å². The van der Waals surface area contributed by atoms with Crippen LogP contribution in [0, 0.1) is 10.1 Å². The van der Waals surface area contributed by atoms with Crippen molar-refractivity contribution < 1.29 is 4.92 Å². The van der Waals surface area contributed by atoms with Crippen LogP contribution in [0.2, 0.25) is 0 Å². The summed E-state index contributed by atoms with van der Waals surface area (Å²) in [5, 5.41) is 11.0. The highest BCUT2D eigenvalue weighted by Gasteiger charge is 2.27. The number of benzene rings is 1. The highest BCUT2D eigenvalue weighted by Crippen LogP contribution is 2.36. The summed E-state index contributed by atoms with van der Waals surface area (Å²) in [5.41, 5.74) is 2.24. The van der Waals surface area contributed by atoms with E-state index in [-0.39, 0.29) is 10.6 Å². The molecule has 4 heteroatoms. The highest BCUT2D eigenvalue weighted by atomic mass is 16.6. The van der Waals surface area contributed by atoms with Crippen LogP contribution in [-0.2, 0) is 6.42 Å². The van der Waals surface area contributed by atoms with E-state index >= 15 is 0 Å². The molecule has 1 aromatic rings. The lowest BCUT2D eigenvalue weighted by Crippen LogP contribution is -2.22. The van der Waals surface area contributed by atoms with Crippen molar-refractivity contribution in [2.24, 2.45) is 0 Å². The Morgan fingerprint density at radius 3 is 2.94 bits per heavy atom. The third-order valence-corrected chi connectivity index (χ3v) is 3.29. The van der Waals surface area contributed by atoms with Gasteiger partial charge in [-0.1, -0.05) is 31.9 Å². The summed E-state index contributed by atoms with van der Waals surface area (Å²) in [5.74, 6) is 0. The van der Waals surface area contributed by atoms with Gasteiger partial charge in [0.25, 0.3) is 5.69 Å². The van der Waals surface area contributed by atoms with Crippen LogP contribution in [0.3, 0.4) is 0 Å². The van der Waals surface area contributed by atoms with Crippen molar-refractivity contribution >= 4 is 11.4 Å². The maximum Gasteiger partial charge on any atom is 0.292 e. The smallest absolute Gasteiger partial charge is 0.292 e. The fraction of sp³-hybridized carbons (Fsp3) is 0.538. The molecule has 2 rings (SSSR count). The van der Waals surface area contributed by atoms with E-state index in [1.165, 1.54) is 12.8 Å². The van der Waals surface area contributed by atoms with E-state index in [0.717, 1.165) is 37.2 Å². The van der Waals surface area contributed by atoms with Gasteiger partial charge in [-0.2, -0.15) is 0 Å². The number of anilines is 1. The number of hydrogen-bond donors (Lipinski definition) is 0. The lowest BCUT2D eigenvalue weighted by molar-refractivity contribution is -0.384. The molecule has 1 aromatic carbocycles. The summed E-state index contributed by atoms with van der Waals surface area (Å²) in [6.07, 6.45) is 4.41. The third-order valence-electron chi connectivity index (χ3n) is 3.29. The van der Waals surface area contributed by atoms with Crippen molar-refractivity contribution in [3.8, 4) is 0 Å². The largest absolute Gasteiger partial charge is 0.365 e. The Hall–Kier alpha value is -1.58. The van der Waals surface area contributed by atoms with Gasteiger partial charge in [-0.3, -0.25) is 10.1 Å². The van der Waals surface area contributed by atoms with Crippen LogP contribution in [0.15, 0.2) is 18.2 Å². The quantitative estimate of drug-likeness (QED) is 0.446. The van der Waals surface area contributed by atoms with Gasteiger partial charge in [0, 0.05) is 19.2 Å². The Balaban J connectivity index is 2.20. The minimum atomic E-state index is -0.267. The monoisotopic (exact) mass is 234 g/mol. The Kier molecular flexibility index (Phi) is 3.61. The topological polar surface area (TPSA) is 46.4 Å². The molecule has 0 saturated carbocycles. The minimum Gasteiger partial charge on any atom is -0.365 e. The molecule has 4 nitrogen and oxygen atoms in total. The average molecular weight is 234 g/mol. The minimum absolute atomic E-state index is 0.261. The summed E-state index contributed by atoms with van der Waals surface area (Å²) in [7, 11) is 0. The van der Waals surface area contributed by atoms with Crippen LogP contribution >= 0.6 is 0 Å².